The molecule has 1 aromatic heterocycles. The highest BCUT2D eigenvalue weighted by atomic mass is 16.5. The van der Waals surface area contributed by atoms with Crippen molar-refractivity contribution in [1.82, 2.24) is 25.1 Å². The molecule has 2 fully saturated rings. The number of likely N-dealkylation sites (tertiary alicyclic amines) is 1. The van der Waals surface area contributed by atoms with Crippen molar-refractivity contribution in [2.24, 2.45) is 11.7 Å². The fourth-order valence-corrected chi connectivity index (χ4v) is 4.75. The quantitative estimate of drug-likeness (QED) is 0.369. The van der Waals surface area contributed by atoms with Crippen LogP contribution < -0.4 is 16.4 Å². The molecule has 3 rings (SSSR count). The van der Waals surface area contributed by atoms with E-state index in [0.717, 1.165) is 25.7 Å². The number of hydrogen-bond acceptors (Lipinski definition) is 7. The van der Waals surface area contributed by atoms with E-state index in [0.29, 0.717) is 44.0 Å². The Morgan fingerprint density at radius 2 is 2.05 bits per heavy atom. The van der Waals surface area contributed by atoms with Gasteiger partial charge in [0.15, 0.2) is 0 Å². The number of ether oxygens (including phenoxy) is 1. The Hall–Kier alpha value is -3.44. The van der Waals surface area contributed by atoms with E-state index in [1.165, 1.54) is 22.0 Å². The van der Waals surface area contributed by atoms with Gasteiger partial charge in [-0.1, -0.05) is 33.1 Å². The van der Waals surface area contributed by atoms with Gasteiger partial charge in [0, 0.05) is 25.6 Å². The topological polar surface area (TPSA) is 166 Å². The van der Waals surface area contributed by atoms with Crippen molar-refractivity contribution in [1.29, 1.82) is 0 Å². The average Bonchev–Trinajstić information content (AvgIpc) is 3.64. The predicted octanol–water partition coefficient (Wildman–Crippen LogP) is 0.866. The molecule has 37 heavy (non-hydrogen) atoms. The van der Waals surface area contributed by atoms with Crippen molar-refractivity contribution < 1.29 is 28.7 Å². The van der Waals surface area contributed by atoms with E-state index in [2.05, 4.69) is 29.5 Å². The maximum atomic E-state index is 13.4. The maximum Gasteiger partial charge on any atom is 0.419 e. The van der Waals surface area contributed by atoms with Gasteiger partial charge in [-0.25, -0.2) is 14.3 Å². The second-order valence-electron chi connectivity index (χ2n) is 9.78. The highest BCUT2D eigenvalue weighted by Crippen LogP contribution is 2.20. The van der Waals surface area contributed by atoms with Crippen LogP contribution in [-0.4, -0.2) is 75.5 Å². The first-order valence-corrected chi connectivity index (χ1v) is 13.1. The number of nitrogens with two attached hydrogens (primary N) is 1. The zero-order valence-corrected chi connectivity index (χ0v) is 21.6. The van der Waals surface area contributed by atoms with E-state index in [1.807, 2.05) is 0 Å². The van der Waals surface area contributed by atoms with Gasteiger partial charge in [-0.2, -0.15) is 0 Å². The van der Waals surface area contributed by atoms with Crippen LogP contribution in [0.2, 0.25) is 0 Å². The summed E-state index contributed by atoms with van der Waals surface area (Å²) in [6.07, 6.45) is 7.90. The molecule has 12 nitrogen and oxygen atoms in total. The van der Waals surface area contributed by atoms with Crippen molar-refractivity contribution in [3.8, 4) is 0 Å². The van der Waals surface area contributed by atoms with Crippen LogP contribution >= 0.6 is 0 Å². The fourth-order valence-electron chi connectivity index (χ4n) is 4.75. The monoisotopic (exact) mass is 518 g/mol. The molecule has 4 atom stereocenters. The van der Waals surface area contributed by atoms with Crippen molar-refractivity contribution in [2.75, 3.05) is 13.2 Å². The Bertz CT molecular complexity index is 994. The number of unbranched alkanes of at least 4 members (excludes halogenated alkanes) is 1. The molecule has 4 amide bonds. The van der Waals surface area contributed by atoms with E-state index < -0.39 is 41.9 Å². The summed E-state index contributed by atoms with van der Waals surface area (Å²) in [6, 6.07) is -2.53. The summed E-state index contributed by atoms with van der Waals surface area (Å²) in [5.74, 6) is -1.49. The molecule has 0 aliphatic carbocycles. The molecule has 12 heteroatoms. The summed E-state index contributed by atoms with van der Waals surface area (Å²) in [5, 5.41) is 5.29. The minimum Gasteiger partial charge on any atom is -0.449 e. The number of nitrogens with zero attached hydrogens (tertiary/aromatic N) is 3. The Morgan fingerprint density at radius 3 is 2.70 bits per heavy atom. The van der Waals surface area contributed by atoms with E-state index in [-0.39, 0.29) is 18.7 Å². The van der Waals surface area contributed by atoms with E-state index in [1.54, 1.807) is 0 Å². The normalized spacial score (nSPS) is 20.8. The zero-order valence-electron chi connectivity index (χ0n) is 21.6. The van der Waals surface area contributed by atoms with Gasteiger partial charge in [-0.3, -0.25) is 19.2 Å². The molecule has 0 aromatic carbocycles. The number of aromatic nitrogens is 2. The second kappa shape index (κ2) is 13.2. The number of rotatable bonds is 12. The van der Waals surface area contributed by atoms with Gasteiger partial charge in [-0.15, -0.1) is 0 Å². The third kappa shape index (κ3) is 7.53. The minimum absolute atomic E-state index is 0.0123. The van der Waals surface area contributed by atoms with Crippen LogP contribution in [0.5, 0.6) is 0 Å². The Labute approximate surface area is 216 Å². The molecule has 0 saturated carbocycles. The molecule has 2 saturated heterocycles. The predicted molar refractivity (Wildman–Crippen MR) is 133 cm³/mol. The third-order valence-corrected chi connectivity index (χ3v) is 7.04. The van der Waals surface area contributed by atoms with Gasteiger partial charge >= 0.3 is 6.09 Å². The summed E-state index contributed by atoms with van der Waals surface area (Å²) in [5.41, 5.74) is 5.87. The lowest BCUT2D eigenvalue weighted by Gasteiger charge is -2.28. The SMILES string of the molecule is CCCCC(CC)COC(=O)n1cnc(CC(NC(=O)C2CCC(=O)N2)C(=O)N2CCCC2C(N)=O)c1. The van der Waals surface area contributed by atoms with Crippen LogP contribution in [0.25, 0.3) is 0 Å². The second-order valence-corrected chi connectivity index (χ2v) is 9.78. The standard InChI is InChI=1S/C25H38N6O6/c1-3-5-7-16(4-2)14-37-25(36)30-13-17(27-15-30)12-19(29-23(34)18-9-10-21(32)28-18)24(35)31-11-6-8-20(31)22(26)33/h13,15-16,18-20H,3-12,14H2,1-2H3,(H2,26,33)(H,28,32)(H,29,34). The van der Waals surface area contributed by atoms with Crippen molar-refractivity contribution >= 4 is 29.7 Å². The fraction of sp³-hybridized carbons (Fsp3) is 0.680. The summed E-state index contributed by atoms with van der Waals surface area (Å²) in [6.45, 7) is 4.84. The summed E-state index contributed by atoms with van der Waals surface area (Å²) < 4.78 is 6.67. The molecule has 0 bridgehead atoms. The summed E-state index contributed by atoms with van der Waals surface area (Å²) in [4.78, 5) is 67.8. The Balaban J connectivity index is 1.69. The lowest BCUT2D eigenvalue weighted by Crippen LogP contribution is -2.56. The molecule has 4 unspecified atom stereocenters. The lowest BCUT2D eigenvalue weighted by atomic mass is 10.0. The van der Waals surface area contributed by atoms with Crippen LogP contribution in [0.3, 0.4) is 0 Å². The minimum atomic E-state index is -1.05. The summed E-state index contributed by atoms with van der Waals surface area (Å²) >= 11 is 0. The maximum absolute atomic E-state index is 13.4. The first-order chi connectivity index (χ1) is 17.7. The van der Waals surface area contributed by atoms with E-state index >= 15 is 0 Å². The average molecular weight is 519 g/mol. The van der Waals surface area contributed by atoms with Crippen LogP contribution in [0.15, 0.2) is 12.5 Å². The van der Waals surface area contributed by atoms with Crippen LogP contribution in [0, 0.1) is 5.92 Å². The molecular weight excluding hydrogens is 480 g/mol. The number of imidazole rings is 1. The molecule has 1 aromatic rings. The molecule has 4 N–H and O–H groups in total. The highest BCUT2D eigenvalue weighted by Gasteiger charge is 2.38. The van der Waals surface area contributed by atoms with Crippen LogP contribution in [0.4, 0.5) is 4.79 Å². The number of carbonyl (C=O) groups is 5. The van der Waals surface area contributed by atoms with Crippen LogP contribution in [0.1, 0.15) is 70.9 Å². The molecule has 2 aliphatic heterocycles. The molecule has 3 heterocycles. The first kappa shape index (κ1) is 28.1. The number of carbonyl (C=O) groups excluding carboxylic acids is 5. The lowest BCUT2D eigenvalue weighted by molar-refractivity contribution is -0.140. The molecule has 0 radical (unpaired) electrons. The number of amides is 4. The van der Waals surface area contributed by atoms with Crippen molar-refractivity contribution in [2.45, 2.75) is 89.8 Å². The van der Waals surface area contributed by atoms with Crippen molar-refractivity contribution in [3.05, 3.63) is 18.2 Å². The Morgan fingerprint density at radius 1 is 1.27 bits per heavy atom. The smallest absolute Gasteiger partial charge is 0.419 e. The number of hydrogen-bond donors (Lipinski definition) is 3. The largest absolute Gasteiger partial charge is 0.449 e. The van der Waals surface area contributed by atoms with Gasteiger partial charge in [0.1, 0.15) is 24.5 Å². The van der Waals surface area contributed by atoms with Crippen molar-refractivity contribution in [3.63, 3.8) is 0 Å². The Kier molecular flexibility index (Phi) is 10.0. The third-order valence-electron chi connectivity index (χ3n) is 7.04. The first-order valence-electron chi connectivity index (χ1n) is 13.1. The number of nitrogens with one attached hydrogen (secondary N) is 2. The highest BCUT2D eigenvalue weighted by molar-refractivity contribution is 5.95. The number of primary amides is 1. The van der Waals surface area contributed by atoms with E-state index in [4.69, 9.17) is 10.5 Å². The molecule has 204 valence electrons. The van der Waals surface area contributed by atoms with Gasteiger partial charge in [-0.05, 0) is 31.6 Å². The van der Waals surface area contributed by atoms with Crippen LogP contribution in [-0.2, 0) is 30.3 Å². The van der Waals surface area contributed by atoms with Gasteiger partial charge in [0.05, 0.1) is 12.3 Å². The van der Waals surface area contributed by atoms with Gasteiger partial charge in [0.2, 0.25) is 23.6 Å². The van der Waals surface area contributed by atoms with Gasteiger partial charge in [0.25, 0.3) is 0 Å². The molecule has 0 spiro atoms. The molecular formula is C25H38N6O6. The molecule has 2 aliphatic rings. The zero-order chi connectivity index (χ0) is 26.9. The van der Waals surface area contributed by atoms with Gasteiger partial charge < -0.3 is 26.0 Å². The summed E-state index contributed by atoms with van der Waals surface area (Å²) in [7, 11) is 0. The van der Waals surface area contributed by atoms with E-state index in [9.17, 15) is 24.0 Å².